The molecule has 0 saturated carbocycles. The topological polar surface area (TPSA) is 102 Å². The van der Waals surface area contributed by atoms with Crippen molar-refractivity contribution >= 4 is 29.9 Å². The molecular formula is C18H22ClN3O5. The smallest absolute Gasteiger partial charge is 0.291 e. The molecule has 0 radical (unpaired) electrons. The van der Waals surface area contributed by atoms with Crippen molar-refractivity contribution < 1.29 is 23.5 Å². The van der Waals surface area contributed by atoms with Crippen molar-refractivity contribution in [3.63, 3.8) is 0 Å². The van der Waals surface area contributed by atoms with E-state index in [1.165, 1.54) is 20.5 Å². The summed E-state index contributed by atoms with van der Waals surface area (Å²) in [6.45, 7) is 1.58. The fourth-order valence-electron chi connectivity index (χ4n) is 2.80. The van der Waals surface area contributed by atoms with Gasteiger partial charge >= 0.3 is 0 Å². The standard InChI is InChI=1S/C18H21N3O5.ClH/c1-24-15-8-12(17(22)20-11-5-6-19-10-11)13(9-16(15)25-2)21-18(23)14-4-3-7-26-14;/h3-4,7-9,11,19H,5-6,10H2,1-2H3,(H,20,22)(H,21,23);1H. The summed E-state index contributed by atoms with van der Waals surface area (Å²) in [4.78, 5) is 25.1. The van der Waals surface area contributed by atoms with Gasteiger partial charge in [-0.05, 0) is 31.2 Å². The van der Waals surface area contributed by atoms with Crippen molar-refractivity contribution in [2.45, 2.75) is 12.5 Å². The molecular weight excluding hydrogens is 374 g/mol. The minimum absolute atomic E-state index is 0. The summed E-state index contributed by atoms with van der Waals surface area (Å²) in [5.74, 6) is 0.193. The Balaban J connectivity index is 0.00000261. The quantitative estimate of drug-likeness (QED) is 0.692. The molecule has 1 saturated heterocycles. The second-order valence-electron chi connectivity index (χ2n) is 5.85. The second-order valence-corrected chi connectivity index (χ2v) is 5.85. The van der Waals surface area contributed by atoms with Gasteiger partial charge in [-0.25, -0.2) is 0 Å². The molecule has 1 aliphatic rings. The van der Waals surface area contributed by atoms with Crippen LogP contribution < -0.4 is 25.4 Å². The Morgan fingerprint density at radius 2 is 1.93 bits per heavy atom. The Morgan fingerprint density at radius 1 is 1.19 bits per heavy atom. The molecule has 3 N–H and O–H groups in total. The number of methoxy groups -OCH3 is 2. The van der Waals surface area contributed by atoms with Crippen LogP contribution in [-0.2, 0) is 0 Å². The van der Waals surface area contributed by atoms with Crippen molar-refractivity contribution in [2.24, 2.45) is 0 Å². The van der Waals surface area contributed by atoms with Crippen LogP contribution in [0.3, 0.4) is 0 Å². The maximum atomic E-state index is 12.7. The number of benzene rings is 1. The minimum Gasteiger partial charge on any atom is -0.493 e. The third kappa shape index (κ3) is 4.72. The summed E-state index contributed by atoms with van der Waals surface area (Å²) in [5, 5.41) is 8.85. The van der Waals surface area contributed by atoms with Gasteiger partial charge in [0.25, 0.3) is 11.8 Å². The monoisotopic (exact) mass is 395 g/mol. The summed E-state index contributed by atoms with van der Waals surface area (Å²) in [6, 6.07) is 6.31. The van der Waals surface area contributed by atoms with Crippen molar-refractivity contribution in [1.82, 2.24) is 10.6 Å². The van der Waals surface area contributed by atoms with Crippen LogP contribution >= 0.6 is 12.4 Å². The van der Waals surface area contributed by atoms with Crippen LogP contribution in [0.25, 0.3) is 0 Å². The molecule has 0 spiro atoms. The van der Waals surface area contributed by atoms with E-state index in [0.717, 1.165) is 13.0 Å². The molecule has 2 amide bonds. The summed E-state index contributed by atoms with van der Waals surface area (Å²) in [5.41, 5.74) is 0.599. The number of carbonyl (C=O) groups is 2. The van der Waals surface area contributed by atoms with Gasteiger partial charge < -0.3 is 29.8 Å². The van der Waals surface area contributed by atoms with E-state index in [2.05, 4.69) is 16.0 Å². The molecule has 3 rings (SSSR count). The van der Waals surface area contributed by atoms with Gasteiger partial charge in [0.1, 0.15) is 0 Å². The summed E-state index contributed by atoms with van der Waals surface area (Å²) in [6.07, 6.45) is 2.26. The van der Waals surface area contributed by atoms with Gasteiger partial charge in [-0.2, -0.15) is 0 Å². The van der Waals surface area contributed by atoms with Gasteiger partial charge in [0.05, 0.1) is 31.7 Å². The van der Waals surface area contributed by atoms with Gasteiger partial charge in [-0.3, -0.25) is 9.59 Å². The lowest BCUT2D eigenvalue weighted by Gasteiger charge is -2.17. The Hall–Kier alpha value is -2.71. The van der Waals surface area contributed by atoms with Gasteiger partial charge in [0.2, 0.25) is 0 Å². The third-order valence-corrected chi connectivity index (χ3v) is 4.16. The van der Waals surface area contributed by atoms with E-state index in [0.29, 0.717) is 23.7 Å². The van der Waals surface area contributed by atoms with Crippen molar-refractivity contribution in [3.8, 4) is 11.5 Å². The van der Waals surface area contributed by atoms with Gasteiger partial charge in [0.15, 0.2) is 17.3 Å². The van der Waals surface area contributed by atoms with E-state index < -0.39 is 5.91 Å². The lowest BCUT2D eigenvalue weighted by atomic mass is 10.1. The van der Waals surface area contributed by atoms with E-state index in [9.17, 15) is 9.59 Å². The van der Waals surface area contributed by atoms with Gasteiger partial charge in [-0.1, -0.05) is 0 Å². The van der Waals surface area contributed by atoms with Crippen LogP contribution in [0.2, 0.25) is 0 Å². The molecule has 1 unspecified atom stereocenters. The molecule has 8 nitrogen and oxygen atoms in total. The Kier molecular flexibility index (Phi) is 7.09. The van der Waals surface area contributed by atoms with Crippen LogP contribution in [0.15, 0.2) is 34.9 Å². The Morgan fingerprint density at radius 3 is 2.52 bits per heavy atom. The van der Waals surface area contributed by atoms with E-state index in [4.69, 9.17) is 13.9 Å². The van der Waals surface area contributed by atoms with Crippen LogP contribution in [0.1, 0.15) is 27.3 Å². The van der Waals surface area contributed by atoms with Crippen molar-refractivity contribution in [2.75, 3.05) is 32.6 Å². The number of rotatable bonds is 6. The molecule has 0 aliphatic carbocycles. The van der Waals surface area contributed by atoms with Crippen LogP contribution in [-0.4, -0.2) is 45.2 Å². The fraction of sp³-hybridized carbons (Fsp3) is 0.333. The molecule has 27 heavy (non-hydrogen) atoms. The molecule has 2 aromatic rings. The summed E-state index contributed by atoms with van der Waals surface area (Å²) >= 11 is 0. The highest BCUT2D eigenvalue weighted by Gasteiger charge is 2.23. The highest BCUT2D eigenvalue weighted by atomic mass is 35.5. The average molecular weight is 396 g/mol. The van der Waals surface area contributed by atoms with E-state index in [1.807, 2.05) is 0 Å². The minimum atomic E-state index is -0.459. The van der Waals surface area contributed by atoms with Crippen LogP contribution in [0.5, 0.6) is 11.5 Å². The number of hydrogen-bond donors (Lipinski definition) is 3. The fourth-order valence-corrected chi connectivity index (χ4v) is 2.80. The zero-order valence-corrected chi connectivity index (χ0v) is 15.9. The second kappa shape index (κ2) is 9.29. The molecule has 1 fully saturated rings. The van der Waals surface area contributed by atoms with Crippen molar-refractivity contribution in [3.05, 3.63) is 41.9 Å². The summed E-state index contributed by atoms with van der Waals surface area (Å²) in [7, 11) is 2.97. The first-order valence-electron chi connectivity index (χ1n) is 8.25. The Bertz CT molecular complexity index is 789. The summed E-state index contributed by atoms with van der Waals surface area (Å²) < 4.78 is 15.7. The predicted molar refractivity (Wildman–Crippen MR) is 102 cm³/mol. The largest absolute Gasteiger partial charge is 0.493 e. The van der Waals surface area contributed by atoms with Crippen LogP contribution in [0.4, 0.5) is 5.69 Å². The molecule has 0 bridgehead atoms. The highest BCUT2D eigenvalue weighted by molar-refractivity contribution is 6.08. The maximum Gasteiger partial charge on any atom is 0.291 e. The number of ether oxygens (including phenoxy) is 2. The van der Waals surface area contributed by atoms with Crippen molar-refractivity contribution in [1.29, 1.82) is 0 Å². The highest BCUT2D eigenvalue weighted by Crippen LogP contribution is 2.33. The maximum absolute atomic E-state index is 12.7. The third-order valence-electron chi connectivity index (χ3n) is 4.16. The van der Waals surface area contributed by atoms with Gasteiger partial charge in [-0.15, -0.1) is 12.4 Å². The first-order chi connectivity index (χ1) is 12.6. The van der Waals surface area contributed by atoms with E-state index in [1.54, 1.807) is 24.3 Å². The molecule has 9 heteroatoms. The molecule has 1 aliphatic heterocycles. The zero-order valence-electron chi connectivity index (χ0n) is 15.0. The lowest BCUT2D eigenvalue weighted by Crippen LogP contribution is -2.36. The van der Waals surface area contributed by atoms with Gasteiger partial charge in [0, 0.05) is 18.7 Å². The number of halogens is 1. The molecule has 1 aromatic carbocycles. The lowest BCUT2D eigenvalue weighted by molar-refractivity contribution is 0.0940. The number of furan rings is 1. The van der Waals surface area contributed by atoms with E-state index >= 15 is 0 Å². The predicted octanol–water partition coefficient (Wildman–Crippen LogP) is 2.06. The molecule has 1 aromatic heterocycles. The molecule has 2 heterocycles. The first-order valence-corrected chi connectivity index (χ1v) is 8.25. The number of amides is 2. The number of nitrogens with one attached hydrogen (secondary N) is 3. The zero-order chi connectivity index (χ0) is 18.5. The number of hydrogen-bond acceptors (Lipinski definition) is 6. The Labute approximate surface area is 163 Å². The first kappa shape index (κ1) is 20.6. The van der Waals surface area contributed by atoms with E-state index in [-0.39, 0.29) is 35.7 Å². The number of anilines is 1. The molecule has 146 valence electrons. The normalized spacial score (nSPS) is 15.6. The number of carbonyl (C=O) groups excluding carboxylic acids is 2. The average Bonchev–Trinajstić information content (AvgIpc) is 3.35. The van der Waals surface area contributed by atoms with Crippen LogP contribution in [0, 0.1) is 0 Å². The molecule has 1 atom stereocenters. The SMILES string of the molecule is COc1cc(NC(=O)c2ccco2)c(C(=O)NC2CCNC2)cc1OC.Cl.